The van der Waals surface area contributed by atoms with Gasteiger partial charge in [0.25, 0.3) is 0 Å². The van der Waals surface area contributed by atoms with Gasteiger partial charge in [-0.25, -0.2) is 0 Å². The van der Waals surface area contributed by atoms with Gasteiger partial charge < -0.3 is 5.32 Å². The molecule has 0 bridgehead atoms. The highest BCUT2D eigenvalue weighted by molar-refractivity contribution is 7.13. The largest absolute Gasteiger partial charge is 0.315 e. The molecule has 0 unspecified atom stereocenters. The zero-order valence-corrected chi connectivity index (χ0v) is 12.6. The fourth-order valence-corrected chi connectivity index (χ4v) is 3.14. The molecule has 0 spiro atoms. The lowest BCUT2D eigenvalue weighted by atomic mass is 9.94. The standard InChI is InChI=1S/C16H14N4OS/c21-15(12-6-17-7-12)5-13-4-11-3-10(16-8-18-9-22-16)1-2-14(11)20-19-13/h1-4,8-9,12,17H,5-7H2. The van der Waals surface area contributed by atoms with Crippen molar-refractivity contribution in [3.8, 4) is 10.4 Å². The number of nitrogens with zero attached hydrogens (tertiary/aromatic N) is 3. The van der Waals surface area contributed by atoms with Crippen molar-refractivity contribution in [2.75, 3.05) is 13.1 Å². The maximum Gasteiger partial charge on any atom is 0.144 e. The van der Waals surface area contributed by atoms with Crippen LogP contribution in [-0.2, 0) is 11.2 Å². The normalized spacial score (nSPS) is 14.9. The quantitative estimate of drug-likeness (QED) is 0.799. The van der Waals surface area contributed by atoms with E-state index < -0.39 is 0 Å². The number of thiazole rings is 1. The van der Waals surface area contributed by atoms with Gasteiger partial charge in [0.1, 0.15) is 5.78 Å². The summed E-state index contributed by atoms with van der Waals surface area (Å²) in [4.78, 5) is 17.3. The average molecular weight is 310 g/mol. The highest BCUT2D eigenvalue weighted by Gasteiger charge is 2.25. The summed E-state index contributed by atoms with van der Waals surface area (Å²) in [6, 6.07) is 8.03. The molecule has 1 saturated heterocycles. The minimum absolute atomic E-state index is 0.140. The van der Waals surface area contributed by atoms with Gasteiger partial charge in [-0.15, -0.1) is 11.3 Å². The Bertz CT molecular complexity index is 827. The van der Waals surface area contributed by atoms with Crippen molar-refractivity contribution in [1.82, 2.24) is 20.5 Å². The van der Waals surface area contributed by atoms with Crippen LogP contribution in [-0.4, -0.2) is 34.1 Å². The van der Waals surface area contributed by atoms with Crippen LogP contribution in [0.3, 0.4) is 0 Å². The molecule has 0 saturated carbocycles. The third-order valence-electron chi connectivity index (χ3n) is 3.94. The number of carbonyl (C=O) groups excluding carboxylic acids is 1. The lowest BCUT2D eigenvalue weighted by Gasteiger charge is -2.25. The van der Waals surface area contributed by atoms with Crippen molar-refractivity contribution in [3.63, 3.8) is 0 Å². The van der Waals surface area contributed by atoms with E-state index in [1.165, 1.54) is 0 Å². The van der Waals surface area contributed by atoms with Crippen LogP contribution < -0.4 is 5.32 Å². The lowest BCUT2D eigenvalue weighted by Crippen LogP contribution is -2.47. The van der Waals surface area contributed by atoms with E-state index in [2.05, 4.69) is 26.6 Å². The third kappa shape index (κ3) is 2.51. The molecule has 0 atom stereocenters. The summed E-state index contributed by atoms with van der Waals surface area (Å²) < 4.78 is 0. The van der Waals surface area contributed by atoms with Crippen LogP contribution in [0, 0.1) is 5.92 Å². The first kappa shape index (κ1) is 13.5. The Labute approximate surface area is 131 Å². The fraction of sp³-hybridized carbons (Fsp3) is 0.250. The van der Waals surface area contributed by atoms with Crippen molar-refractivity contribution in [2.45, 2.75) is 6.42 Å². The molecule has 110 valence electrons. The number of rotatable bonds is 4. The molecule has 1 aromatic carbocycles. The number of ketones is 1. The number of fused-ring (bicyclic) bond motifs is 1. The molecule has 4 rings (SSSR count). The predicted octanol–water partition coefficient (Wildman–Crippen LogP) is 2.08. The van der Waals surface area contributed by atoms with Crippen molar-refractivity contribution in [1.29, 1.82) is 0 Å². The van der Waals surface area contributed by atoms with Crippen LogP contribution in [0.1, 0.15) is 5.69 Å². The molecule has 22 heavy (non-hydrogen) atoms. The summed E-state index contributed by atoms with van der Waals surface area (Å²) in [6.45, 7) is 1.57. The minimum Gasteiger partial charge on any atom is -0.315 e. The molecule has 1 aliphatic heterocycles. The van der Waals surface area contributed by atoms with E-state index in [4.69, 9.17) is 0 Å². The zero-order chi connectivity index (χ0) is 14.9. The van der Waals surface area contributed by atoms with Crippen molar-refractivity contribution in [2.24, 2.45) is 5.92 Å². The molecule has 1 N–H and O–H groups in total. The van der Waals surface area contributed by atoms with E-state index in [1.807, 2.05) is 29.9 Å². The lowest BCUT2D eigenvalue weighted by molar-refractivity contribution is -0.123. The van der Waals surface area contributed by atoms with E-state index >= 15 is 0 Å². The van der Waals surface area contributed by atoms with E-state index in [0.717, 1.165) is 40.1 Å². The molecule has 0 aliphatic carbocycles. The minimum atomic E-state index is 0.140. The smallest absolute Gasteiger partial charge is 0.144 e. The highest BCUT2D eigenvalue weighted by atomic mass is 32.1. The topological polar surface area (TPSA) is 67.8 Å². The fourth-order valence-electron chi connectivity index (χ4n) is 2.52. The Morgan fingerprint density at radius 3 is 2.91 bits per heavy atom. The van der Waals surface area contributed by atoms with Gasteiger partial charge in [0.15, 0.2) is 0 Å². The molecular weight excluding hydrogens is 296 g/mol. The molecular formula is C16H14N4OS. The molecule has 3 heterocycles. The number of Topliss-reactive ketones (excluding diaryl/α,β-unsaturated/α-hetero) is 1. The molecule has 1 aliphatic rings. The van der Waals surface area contributed by atoms with Crippen LogP contribution in [0.2, 0.25) is 0 Å². The van der Waals surface area contributed by atoms with Gasteiger partial charge in [0, 0.05) is 30.6 Å². The summed E-state index contributed by atoms with van der Waals surface area (Å²) in [5.41, 5.74) is 4.52. The summed E-state index contributed by atoms with van der Waals surface area (Å²) in [5.74, 6) is 0.382. The molecule has 1 fully saturated rings. The number of aromatic nitrogens is 3. The summed E-state index contributed by atoms with van der Waals surface area (Å²) in [7, 11) is 0. The van der Waals surface area contributed by atoms with Crippen LogP contribution >= 0.6 is 11.3 Å². The van der Waals surface area contributed by atoms with E-state index in [1.54, 1.807) is 11.3 Å². The number of hydrogen-bond donors (Lipinski definition) is 1. The predicted molar refractivity (Wildman–Crippen MR) is 85.7 cm³/mol. The van der Waals surface area contributed by atoms with Gasteiger partial charge in [-0.2, -0.15) is 10.2 Å². The Morgan fingerprint density at radius 1 is 1.27 bits per heavy atom. The molecule has 3 aromatic rings. The zero-order valence-electron chi connectivity index (χ0n) is 11.8. The average Bonchev–Trinajstić information content (AvgIpc) is 2.98. The molecule has 5 nitrogen and oxygen atoms in total. The molecule has 0 amide bonds. The first-order valence-electron chi connectivity index (χ1n) is 7.18. The SMILES string of the molecule is O=C(Cc1cc2cc(-c3cncs3)ccc2nn1)C1CNC1. The number of carbonyl (C=O) groups is 1. The number of benzene rings is 1. The summed E-state index contributed by atoms with van der Waals surface area (Å²) >= 11 is 1.61. The van der Waals surface area contributed by atoms with E-state index in [9.17, 15) is 4.79 Å². The van der Waals surface area contributed by atoms with Crippen molar-refractivity contribution < 1.29 is 4.79 Å². The van der Waals surface area contributed by atoms with Gasteiger partial charge in [-0.1, -0.05) is 6.07 Å². The number of hydrogen-bond acceptors (Lipinski definition) is 6. The Kier molecular flexibility index (Phi) is 3.40. The highest BCUT2D eigenvalue weighted by Crippen LogP contribution is 2.26. The van der Waals surface area contributed by atoms with Crippen LogP contribution in [0.15, 0.2) is 36.0 Å². The Hall–Kier alpha value is -2.18. The first-order chi connectivity index (χ1) is 10.8. The van der Waals surface area contributed by atoms with Crippen molar-refractivity contribution >= 4 is 28.0 Å². The number of nitrogens with one attached hydrogen (secondary N) is 1. The van der Waals surface area contributed by atoms with Gasteiger partial charge in [0.2, 0.25) is 0 Å². The van der Waals surface area contributed by atoms with Gasteiger partial charge >= 0.3 is 0 Å². The molecule has 2 aromatic heterocycles. The van der Waals surface area contributed by atoms with Crippen LogP contribution in [0.5, 0.6) is 0 Å². The van der Waals surface area contributed by atoms with Crippen LogP contribution in [0.4, 0.5) is 0 Å². The van der Waals surface area contributed by atoms with Crippen molar-refractivity contribution in [3.05, 3.63) is 41.7 Å². The van der Waals surface area contributed by atoms with Crippen LogP contribution in [0.25, 0.3) is 21.3 Å². The van der Waals surface area contributed by atoms with E-state index in [-0.39, 0.29) is 11.7 Å². The van der Waals surface area contributed by atoms with Gasteiger partial charge in [0.05, 0.1) is 28.0 Å². The maximum absolute atomic E-state index is 12.1. The van der Waals surface area contributed by atoms with E-state index in [0.29, 0.717) is 6.42 Å². The summed E-state index contributed by atoms with van der Waals surface area (Å²) in [5, 5.41) is 12.5. The maximum atomic E-state index is 12.1. The second-order valence-corrected chi connectivity index (χ2v) is 6.36. The Morgan fingerprint density at radius 2 is 2.18 bits per heavy atom. The Balaban J connectivity index is 1.65. The second-order valence-electron chi connectivity index (χ2n) is 5.47. The summed E-state index contributed by atoms with van der Waals surface area (Å²) in [6.07, 6.45) is 2.22. The van der Waals surface area contributed by atoms with Gasteiger partial charge in [-0.3, -0.25) is 9.78 Å². The third-order valence-corrected chi connectivity index (χ3v) is 4.77. The molecule has 6 heteroatoms. The van der Waals surface area contributed by atoms with Gasteiger partial charge in [-0.05, 0) is 23.8 Å². The molecule has 0 radical (unpaired) electrons. The first-order valence-corrected chi connectivity index (χ1v) is 8.06. The second kappa shape index (κ2) is 5.55. The monoisotopic (exact) mass is 310 g/mol.